The van der Waals surface area contributed by atoms with Gasteiger partial charge in [-0.25, -0.2) is 13.4 Å². The quantitative estimate of drug-likeness (QED) is 0.859. The Morgan fingerprint density at radius 3 is 2.83 bits per heavy atom. The van der Waals surface area contributed by atoms with Crippen molar-refractivity contribution in [3.63, 3.8) is 0 Å². The van der Waals surface area contributed by atoms with E-state index in [1.807, 2.05) is 18.4 Å². The molecule has 0 aromatic carbocycles. The first-order valence-electron chi connectivity index (χ1n) is 6.24. The maximum Gasteiger partial charge on any atom is 0.262 e. The molecule has 2 N–H and O–H groups in total. The molecule has 0 bridgehead atoms. The van der Waals surface area contributed by atoms with Crippen LogP contribution >= 0.6 is 0 Å². The van der Waals surface area contributed by atoms with Gasteiger partial charge in [0, 0.05) is 31.9 Å². The van der Waals surface area contributed by atoms with Gasteiger partial charge in [-0.15, -0.1) is 0 Å². The van der Waals surface area contributed by atoms with Gasteiger partial charge in [-0.3, -0.25) is 0 Å². The van der Waals surface area contributed by atoms with Gasteiger partial charge in [0.1, 0.15) is 5.82 Å². The summed E-state index contributed by atoms with van der Waals surface area (Å²) in [6, 6.07) is -0.0668. The fourth-order valence-electron chi connectivity index (χ4n) is 2.25. The predicted octanol–water partition coefficient (Wildman–Crippen LogP) is 0.323. The zero-order valence-corrected chi connectivity index (χ0v) is 11.7. The molecule has 0 aliphatic carbocycles. The minimum absolute atomic E-state index is 0.0668. The highest BCUT2D eigenvalue weighted by Crippen LogP contribution is 2.19. The minimum Gasteiger partial charge on any atom is -0.334 e. The van der Waals surface area contributed by atoms with Gasteiger partial charge in [0.2, 0.25) is 0 Å². The molecule has 2 heterocycles. The Hall–Kier alpha value is -0.920. The van der Waals surface area contributed by atoms with Crippen LogP contribution < -0.4 is 5.73 Å². The normalized spacial score (nSPS) is 22.3. The van der Waals surface area contributed by atoms with Crippen LogP contribution in [0.1, 0.15) is 25.6 Å². The van der Waals surface area contributed by atoms with Crippen molar-refractivity contribution in [2.45, 2.75) is 44.3 Å². The molecule has 1 atom stereocenters. The molecular formula is C11H20N4O2S. The molecule has 1 unspecified atom stereocenters. The summed E-state index contributed by atoms with van der Waals surface area (Å²) in [7, 11) is -3.49. The largest absolute Gasteiger partial charge is 0.334 e. The van der Waals surface area contributed by atoms with Crippen LogP contribution in [0, 0.1) is 6.92 Å². The third kappa shape index (κ3) is 2.43. The molecule has 7 heteroatoms. The molecule has 2 rings (SSSR count). The fraction of sp³-hybridized carbons (Fsp3) is 0.727. The molecule has 0 amide bonds. The molecule has 1 aliphatic heterocycles. The lowest BCUT2D eigenvalue weighted by molar-refractivity contribution is 0.315. The van der Waals surface area contributed by atoms with Crippen molar-refractivity contribution in [3.05, 3.63) is 12.0 Å². The monoisotopic (exact) mass is 272 g/mol. The number of nitrogens with zero attached hydrogens (tertiary/aromatic N) is 3. The van der Waals surface area contributed by atoms with E-state index in [1.165, 1.54) is 4.31 Å². The lowest BCUT2D eigenvalue weighted by Crippen LogP contribution is -2.45. The Morgan fingerprint density at radius 1 is 1.56 bits per heavy atom. The standard InChI is InChI=1S/C11H20N4O2S/c1-3-14-8-11(13-9(14)2)18(16,17)15-6-4-5-10(12)7-15/h8,10H,3-7,12H2,1-2H3. The van der Waals surface area contributed by atoms with E-state index >= 15 is 0 Å². The number of imidazole rings is 1. The maximum atomic E-state index is 12.4. The first-order valence-corrected chi connectivity index (χ1v) is 7.68. The summed E-state index contributed by atoms with van der Waals surface area (Å²) in [6.45, 7) is 5.41. The van der Waals surface area contributed by atoms with Gasteiger partial charge in [0.15, 0.2) is 5.03 Å². The van der Waals surface area contributed by atoms with Crippen molar-refractivity contribution in [2.75, 3.05) is 13.1 Å². The smallest absolute Gasteiger partial charge is 0.262 e. The van der Waals surface area contributed by atoms with Crippen LogP contribution in [-0.2, 0) is 16.6 Å². The summed E-state index contributed by atoms with van der Waals surface area (Å²) in [4.78, 5) is 4.15. The Balaban J connectivity index is 2.29. The Labute approximate surface area is 108 Å². The van der Waals surface area contributed by atoms with Gasteiger partial charge in [-0.2, -0.15) is 4.31 Å². The number of piperidine rings is 1. The molecule has 0 saturated carbocycles. The number of sulfonamides is 1. The van der Waals surface area contributed by atoms with Gasteiger partial charge < -0.3 is 10.3 Å². The van der Waals surface area contributed by atoms with Crippen LogP contribution in [0.4, 0.5) is 0 Å². The highest BCUT2D eigenvalue weighted by atomic mass is 32.2. The summed E-state index contributed by atoms with van der Waals surface area (Å²) >= 11 is 0. The van der Waals surface area contributed by atoms with E-state index in [0.717, 1.165) is 18.7 Å². The average Bonchev–Trinajstić information content (AvgIpc) is 2.71. The van der Waals surface area contributed by atoms with E-state index in [-0.39, 0.29) is 11.1 Å². The Kier molecular flexibility index (Phi) is 3.74. The zero-order valence-electron chi connectivity index (χ0n) is 10.8. The molecule has 18 heavy (non-hydrogen) atoms. The first-order chi connectivity index (χ1) is 8.45. The van der Waals surface area contributed by atoms with Crippen LogP contribution in [0.3, 0.4) is 0 Å². The van der Waals surface area contributed by atoms with E-state index in [2.05, 4.69) is 4.98 Å². The molecule has 102 valence electrons. The Morgan fingerprint density at radius 2 is 2.28 bits per heavy atom. The molecule has 1 aromatic rings. The second-order valence-corrected chi connectivity index (χ2v) is 6.56. The van der Waals surface area contributed by atoms with Crippen molar-refractivity contribution < 1.29 is 8.42 Å². The number of nitrogens with two attached hydrogens (primary N) is 1. The van der Waals surface area contributed by atoms with Crippen molar-refractivity contribution in [3.8, 4) is 0 Å². The van der Waals surface area contributed by atoms with Crippen LogP contribution in [0.15, 0.2) is 11.2 Å². The Bertz CT molecular complexity index is 523. The molecule has 1 aromatic heterocycles. The lowest BCUT2D eigenvalue weighted by atomic mass is 10.1. The predicted molar refractivity (Wildman–Crippen MR) is 68.6 cm³/mol. The lowest BCUT2D eigenvalue weighted by Gasteiger charge is -2.29. The minimum atomic E-state index is -3.49. The van der Waals surface area contributed by atoms with Gasteiger partial charge >= 0.3 is 0 Å². The van der Waals surface area contributed by atoms with Crippen molar-refractivity contribution in [1.82, 2.24) is 13.9 Å². The molecule has 1 aliphatic rings. The highest BCUT2D eigenvalue weighted by molar-refractivity contribution is 7.89. The first kappa shape index (κ1) is 13.5. The summed E-state index contributed by atoms with van der Waals surface area (Å²) in [5.74, 6) is 0.720. The van der Waals surface area contributed by atoms with Gasteiger partial charge in [0.05, 0.1) is 0 Å². The summed E-state index contributed by atoms with van der Waals surface area (Å²) in [6.07, 6.45) is 3.30. The molecule has 1 fully saturated rings. The zero-order chi connectivity index (χ0) is 13.3. The second kappa shape index (κ2) is 4.99. The van der Waals surface area contributed by atoms with E-state index in [4.69, 9.17) is 5.73 Å². The number of aromatic nitrogens is 2. The molecule has 6 nitrogen and oxygen atoms in total. The fourth-order valence-corrected chi connectivity index (χ4v) is 3.78. The van der Waals surface area contributed by atoms with E-state index < -0.39 is 10.0 Å². The second-order valence-electron chi connectivity index (χ2n) is 4.68. The maximum absolute atomic E-state index is 12.4. The summed E-state index contributed by atoms with van der Waals surface area (Å²) < 4.78 is 28.1. The number of aryl methyl sites for hydroxylation is 2. The van der Waals surface area contributed by atoms with Gasteiger partial charge in [-0.05, 0) is 26.7 Å². The number of hydrogen-bond acceptors (Lipinski definition) is 4. The number of rotatable bonds is 3. The topological polar surface area (TPSA) is 81.2 Å². The van der Waals surface area contributed by atoms with E-state index in [9.17, 15) is 8.42 Å². The molecule has 0 radical (unpaired) electrons. The highest BCUT2D eigenvalue weighted by Gasteiger charge is 2.30. The van der Waals surface area contributed by atoms with Gasteiger partial charge in [-0.1, -0.05) is 0 Å². The van der Waals surface area contributed by atoms with E-state index in [0.29, 0.717) is 19.6 Å². The van der Waals surface area contributed by atoms with Crippen LogP contribution in [-0.4, -0.2) is 41.4 Å². The SMILES string of the molecule is CCn1cc(S(=O)(=O)N2CCCC(N)C2)nc1C. The van der Waals surface area contributed by atoms with Gasteiger partial charge in [0.25, 0.3) is 10.0 Å². The number of hydrogen-bond donors (Lipinski definition) is 1. The summed E-state index contributed by atoms with van der Waals surface area (Å²) in [5, 5.41) is 0.135. The summed E-state index contributed by atoms with van der Waals surface area (Å²) in [5.41, 5.74) is 5.83. The van der Waals surface area contributed by atoms with Crippen LogP contribution in [0.2, 0.25) is 0 Å². The van der Waals surface area contributed by atoms with E-state index in [1.54, 1.807) is 6.20 Å². The third-order valence-corrected chi connectivity index (χ3v) is 5.06. The van der Waals surface area contributed by atoms with Crippen molar-refractivity contribution >= 4 is 10.0 Å². The molecular weight excluding hydrogens is 252 g/mol. The van der Waals surface area contributed by atoms with Crippen molar-refractivity contribution in [1.29, 1.82) is 0 Å². The molecule has 1 saturated heterocycles. The van der Waals surface area contributed by atoms with Crippen LogP contribution in [0.25, 0.3) is 0 Å². The van der Waals surface area contributed by atoms with Crippen LogP contribution in [0.5, 0.6) is 0 Å². The molecule has 0 spiro atoms. The van der Waals surface area contributed by atoms with Crippen molar-refractivity contribution in [2.24, 2.45) is 5.73 Å². The average molecular weight is 272 g/mol. The third-order valence-electron chi connectivity index (χ3n) is 3.32.